The van der Waals surface area contributed by atoms with E-state index in [1.54, 1.807) is 6.07 Å². The molecule has 19 heavy (non-hydrogen) atoms. The number of hydrazine groups is 1. The second kappa shape index (κ2) is 6.32. The van der Waals surface area contributed by atoms with Crippen LogP contribution in [0.4, 0.5) is 4.39 Å². The van der Waals surface area contributed by atoms with Gasteiger partial charge >= 0.3 is 0 Å². The highest BCUT2D eigenvalue weighted by atomic mass is 19.1. The Balaban J connectivity index is 2.03. The average molecular weight is 268 g/mol. The Bertz CT molecular complexity index is 428. The maximum atomic E-state index is 13.6. The molecule has 0 bridgehead atoms. The van der Waals surface area contributed by atoms with Gasteiger partial charge in [0.15, 0.2) is 11.6 Å². The Morgan fingerprint density at radius 3 is 2.84 bits per heavy atom. The summed E-state index contributed by atoms with van der Waals surface area (Å²) in [6.45, 7) is 2.06. The molecule has 0 amide bonds. The quantitative estimate of drug-likeness (QED) is 0.631. The van der Waals surface area contributed by atoms with E-state index in [-0.39, 0.29) is 29.8 Å². The van der Waals surface area contributed by atoms with Gasteiger partial charge in [0, 0.05) is 0 Å². The third kappa shape index (κ3) is 3.43. The van der Waals surface area contributed by atoms with E-state index in [1.807, 2.05) is 6.07 Å². The first-order valence-corrected chi connectivity index (χ1v) is 6.58. The van der Waals surface area contributed by atoms with E-state index >= 15 is 0 Å². The van der Waals surface area contributed by atoms with Gasteiger partial charge in [0.25, 0.3) is 0 Å². The van der Waals surface area contributed by atoms with Crippen molar-refractivity contribution < 1.29 is 13.9 Å². The average Bonchev–Trinajstić information content (AvgIpc) is 2.82. The molecule has 2 rings (SSSR count). The molecule has 1 aliphatic heterocycles. The van der Waals surface area contributed by atoms with Crippen LogP contribution in [0.2, 0.25) is 0 Å². The summed E-state index contributed by atoms with van der Waals surface area (Å²) in [5.74, 6) is 5.50. The summed E-state index contributed by atoms with van der Waals surface area (Å²) in [4.78, 5) is 0. The Kier molecular flexibility index (Phi) is 4.74. The fraction of sp³-hybridized carbons (Fsp3) is 0.571. The zero-order valence-electron chi connectivity index (χ0n) is 11.4. The van der Waals surface area contributed by atoms with Crippen LogP contribution in [0.5, 0.6) is 5.75 Å². The lowest BCUT2D eigenvalue weighted by Gasteiger charge is -2.23. The van der Waals surface area contributed by atoms with Crippen LogP contribution in [0, 0.1) is 5.82 Å². The van der Waals surface area contributed by atoms with Crippen LogP contribution >= 0.6 is 0 Å². The normalized spacial score (nSPS) is 24.4. The van der Waals surface area contributed by atoms with Crippen molar-refractivity contribution in [3.8, 4) is 5.75 Å². The largest absolute Gasteiger partial charge is 0.494 e. The summed E-state index contributed by atoms with van der Waals surface area (Å²) in [7, 11) is 1.45. The van der Waals surface area contributed by atoms with Gasteiger partial charge in [-0.1, -0.05) is 6.07 Å². The number of hydrogen-bond acceptors (Lipinski definition) is 4. The highest BCUT2D eigenvalue weighted by molar-refractivity contribution is 5.29. The molecule has 3 N–H and O–H groups in total. The van der Waals surface area contributed by atoms with E-state index in [2.05, 4.69) is 12.3 Å². The molecule has 1 aliphatic rings. The van der Waals surface area contributed by atoms with E-state index in [0.717, 1.165) is 18.4 Å². The molecule has 3 atom stereocenters. The minimum Gasteiger partial charge on any atom is -0.494 e. The minimum absolute atomic E-state index is 0.00209. The van der Waals surface area contributed by atoms with Crippen molar-refractivity contribution >= 4 is 0 Å². The molecule has 1 saturated heterocycles. The Morgan fingerprint density at radius 2 is 2.32 bits per heavy atom. The van der Waals surface area contributed by atoms with E-state index < -0.39 is 0 Å². The summed E-state index contributed by atoms with van der Waals surface area (Å²) in [6, 6.07) is 4.97. The van der Waals surface area contributed by atoms with Gasteiger partial charge in [0.05, 0.1) is 25.4 Å². The lowest BCUT2D eigenvalue weighted by molar-refractivity contribution is 0.0320. The molecule has 1 aromatic rings. The highest BCUT2D eigenvalue weighted by Gasteiger charge is 2.29. The van der Waals surface area contributed by atoms with Crippen LogP contribution < -0.4 is 16.0 Å². The number of nitrogens with two attached hydrogens (primary N) is 1. The van der Waals surface area contributed by atoms with Crippen LogP contribution in [0.1, 0.15) is 25.3 Å². The van der Waals surface area contributed by atoms with E-state index in [1.165, 1.54) is 13.2 Å². The third-order valence-electron chi connectivity index (χ3n) is 3.60. The molecule has 5 heteroatoms. The van der Waals surface area contributed by atoms with Gasteiger partial charge in [-0.15, -0.1) is 0 Å². The minimum atomic E-state index is -0.350. The first kappa shape index (κ1) is 14.2. The van der Waals surface area contributed by atoms with Crippen LogP contribution in [0.25, 0.3) is 0 Å². The molecule has 0 aromatic heterocycles. The Hall–Kier alpha value is -1.17. The SMILES string of the molecule is COc1ccc(CC(NN)C2CCC(C)O2)cc1F. The van der Waals surface area contributed by atoms with Gasteiger partial charge in [-0.3, -0.25) is 11.3 Å². The van der Waals surface area contributed by atoms with Gasteiger partial charge < -0.3 is 9.47 Å². The number of hydrogen-bond donors (Lipinski definition) is 2. The fourth-order valence-corrected chi connectivity index (χ4v) is 2.52. The number of rotatable bonds is 5. The molecule has 0 saturated carbocycles. The van der Waals surface area contributed by atoms with Crippen molar-refractivity contribution in [2.24, 2.45) is 5.84 Å². The fourth-order valence-electron chi connectivity index (χ4n) is 2.52. The molecule has 0 aliphatic carbocycles. The molecule has 1 aromatic carbocycles. The zero-order chi connectivity index (χ0) is 13.8. The Labute approximate surface area is 113 Å². The van der Waals surface area contributed by atoms with Crippen LogP contribution in [-0.4, -0.2) is 25.4 Å². The monoisotopic (exact) mass is 268 g/mol. The topological polar surface area (TPSA) is 56.5 Å². The number of halogens is 1. The summed E-state index contributed by atoms with van der Waals surface area (Å²) in [5.41, 5.74) is 3.66. The number of ether oxygens (including phenoxy) is 2. The van der Waals surface area contributed by atoms with Gasteiger partial charge in [-0.25, -0.2) is 4.39 Å². The summed E-state index contributed by atoms with van der Waals surface area (Å²) in [5, 5.41) is 0. The Morgan fingerprint density at radius 1 is 1.53 bits per heavy atom. The molecule has 0 spiro atoms. The first-order chi connectivity index (χ1) is 9.13. The highest BCUT2D eigenvalue weighted by Crippen LogP contribution is 2.24. The van der Waals surface area contributed by atoms with E-state index in [9.17, 15) is 4.39 Å². The summed E-state index contributed by atoms with van der Waals surface area (Å²) in [6.07, 6.45) is 3.02. The maximum absolute atomic E-state index is 13.6. The maximum Gasteiger partial charge on any atom is 0.165 e. The number of benzene rings is 1. The van der Waals surface area contributed by atoms with Crippen LogP contribution in [0.15, 0.2) is 18.2 Å². The van der Waals surface area contributed by atoms with Crippen molar-refractivity contribution in [1.82, 2.24) is 5.43 Å². The lowest BCUT2D eigenvalue weighted by atomic mass is 9.99. The smallest absolute Gasteiger partial charge is 0.165 e. The van der Waals surface area contributed by atoms with Gasteiger partial charge in [-0.2, -0.15) is 0 Å². The van der Waals surface area contributed by atoms with Crippen molar-refractivity contribution in [3.05, 3.63) is 29.6 Å². The standard InChI is InChI=1S/C14H21FN2O2/c1-9-3-5-14(19-9)12(17-16)8-10-4-6-13(18-2)11(15)7-10/h4,6-7,9,12,14,17H,3,5,8,16H2,1-2H3. The van der Waals surface area contributed by atoms with E-state index in [4.69, 9.17) is 15.3 Å². The van der Waals surface area contributed by atoms with Crippen molar-refractivity contribution in [2.75, 3.05) is 7.11 Å². The molecule has 3 unspecified atom stereocenters. The molecule has 4 nitrogen and oxygen atoms in total. The van der Waals surface area contributed by atoms with Crippen molar-refractivity contribution in [1.29, 1.82) is 0 Å². The van der Waals surface area contributed by atoms with Gasteiger partial charge in [0.1, 0.15) is 0 Å². The molecular formula is C14H21FN2O2. The molecular weight excluding hydrogens is 247 g/mol. The molecule has 106 valence electrons. The van der Waals surface area contributed by atoms with Gasteiger partial charge in [0.2, 0.25) is 0 Å². The van der Waals surface area contributed by atoms with Crippen LogP contribution in [0.3, 0.4) is 0 Å². The molecule has 1 heterocycles. The first-order valence-electron chi connectivity index (χ1n) is 6.58. The number of methoxy groups -OCH3 is 1. The third-order valence-corrected chi connectivity index (χ3v) is 3.60. The zero-order valence-corrected chi connectivity index (χ0v) is 11.4. The van der Waals surface area contributed by atoms with Crippen molar-refractivity contribution in [3.63, 3.8) is 0 Å². The lowest BCUT2D eigenvalue weighted by Crippen LogP contribution is -2.45. The molecule has 1 fully saturated rings. The van der Waals surface area contributed by atoms with E-state index in [0.29, 0.717) is 6.42 Å². The van der Waals surface area contributed by atoms with Gasteiger partial charge in [-0.05, 0) is 43.9 Å². The second-order valence-electron chi connectivity index (χ2n) is 5.01. The molecule has 0 radical (unpaired) electrons. The predicted molar refractivity (Wildman–Crippen MR) is 71.3 cm³/mol. The van der Waals surface area contributed by atoms with Crippen molar-refractivity contribution in [2.45, 2.75) is 44.4 Å². The second-order valence-corrected chi connectivity index (χ2v) is 5.01. The van der Waals surface area contributed by atoms with Crippen LogP contribution in [-0.2, 0) is 11.2 Å². The summed E-state index contributed by atoms with van der Waals surface area (Å²) < 4.78 is 24.3. The predicted octanol–water partition coefficient (Wildman–Crippen LogP) is 1.78. The summed E-state index contributed by atoms with van der Waals surface area (Å²) >= 11 is 0. The number of nitrogens with one attached hydrogen (secondary N) is 1.